The van der Waals surface area contributed by atoms with E-state index >= 15 is 0 Å². The van der Waals surface area contributed by atoms with Crippen molar-refractivity contribution in [3.8, 4) is 5.75 Å². The molecule has 2 aromatic carbocycles. The smallest absolute Gasteiger partial charge is 0.405 e. The van der Waals surface area contributed by atoms with Crippen LogP contribution in [0.2, 0.25) is 0 Å². The molecule has 0 bridgehead atoms. The van der Waals surface area contributed by atoms with Crippen LogP contribution in [0.3, 0.4) is 0 Å². The van der Waals surface area contributed by atoms with Crippen LogP contribution in [0, 0.1) is 0 Å². The molecular weight excluding hydrogens is 381 g/mol. The molecule has 0 aliphatic carbocycles. The van der Waals surface area contributed by atoms with Crippen LogP contribution >= 0.6 is 12.4 Å². The van der Waals surface area contributed by atoms with Crippen LogP contribution in [0.25, 0.3) is 10.9 Å². The number of aliphatic hydroxyl groups is 1. The molecule has 3 aromatic rings. The Balaban J connectivity index is 0.00000261. The number of alkyl halides is 3. The Labute approximate surface area is 161 Å². The van der Waals surface area contributed by atoms with Gasteiger partial charge >= 0.3 is 6.36 Å². The molecule has 146 valence electrons. The number of para-hydroxylation sites is 2. The summed E-state index contributed by atoms with van der Waals surface area (Å²) in [5, 5.41) is 14.5. The number of aliphatic hydroxyl groups excluding tert-OH is 1. The van der Waals surface area contributed by atoms with Gasteiger partial charge in [-0.3, -0.25) is 0 Å². The number of halogens is 4. The number of hydrogen-bond donors (Lipinski definition) is 2. The molecule has 0 aliphatic heterocycles. The number of ether oxygens (including phenoxy) is 1. The van der Waals surface area contributed by atoms with Crippen LogP contribution in [-0.2, 0) is 0 Å². The summed E-state index contributed by atoms with van der Waals surface area (Å²) in [7, 11) is 1.67. The zero-order chi connectivity index (χ0) is 18.7. The molecule has 0 fully saturated rings. The Morgan fingerprint density at radius 3 is 2.44 bits per heavy atom. The van der Waals surface area contributed by atoms with E-state index in [0.717, 1.165) is 10.9 Å². The summed E-state index contributed by atoms with van der Waals surface area (Å²) in [5.74, 6) is -0.321. The molecule has 8 heteroatoms. The second kappa shape index (κ2) is 8.65. The monoisotopic (exact) mass is 400 g/mol. The first-order valence-electron chi connectivity index (χ1n) is 8.13. The Bertz CT molecular complexity index is 883. The summed E-state index contributed by atoms with van der Waals surface area (Å²) in [4.78, 5) is 0. The zero-order valence-corrected chi connectivity index (χ0v) is 15.3. The van der Waals surface area contributed by atoms with Crippen LogP contribution in [0.4, 0.5) is 13.2 Å². The van der Waals surface area contributed by atoms with Crippen LogP contribution in [0.15, 0.2) is 60.8 Å². The third-order valence-electron chi connectivity index (χ3n) is 4.17. The SMILES string of the molecule is CNC[C@@H](O)[C@H](c1ccccc1OC(F)(F)F)n1ccc2ccccc21.Cl. The minimum Gasteiger partial charge on any atom is -0.405 e. The molecule has 0 spiro atoms. The number of rotatable bonds is 6. The van der Waals surface area contributed by atoms with Gasteiger partial charge in [-0.25, -0.2) is 0 Å². The highest BCUT2D eigenvalue weighted by atomic mass is 35.5. The molecule has 0 saturated heterocycles. The Morgan fingerprint density at radius 1 is 1.07 bits per heavy atom. The average molecular weight is 401 g/mol. The highest BCUT2D eigenvalue weighted by Crippen LogP contribution is 2.35. The highest BCUT2D eigenvalue weighted by Gasteiger charge is 2.34. The summed E-state index contributed by atoms with van der Waals surface area (Å²) in [6.45, 7) is 0.206. The first-order chi connectivity index (χ1) is 12.4. The molecule has 3 rings (SSSR count). The van der Waals surface area contributed by atoms with Gasteiger partial charge < -0.3 is 19.7 Å². The van der Waals surface area contributed by atoms with Gasteiger partial charge in [0.25, 0.3) is 0 Å². The van der Waals surface area contributed by atoms with E-state index in [9.17, 15) is 18.3 Å². The maximum atomic E-state index is 12.8. The van der Waals surface area contributed by atoms with Crippen molar-refractivity contribution in [1.29, 1.82) is 0 Å². The maximum absolute atomic E-state index is 12.8. The van der Waals surface area contributed by atoms with E-state index in [-0.39, 0.29) is 30.3 Å². The van der Waals surface area contributed by atoms with Crippen molar-refractivity contribution in [2.75, 3.05) is 13.6 Å². The van der Waals surface area contributed by atoms with Crippen molar-refractivity contribution >= 4 is 23.3 Å². The largest absolute Gasteiger partial charge is 0.573 e. The molecule has 0 aliphatic rings. The molecule has 1 heterocycles. The predicted molar refractivity (Wildman–Crippen MR) is 100 cm³/mol. The number of hydrogen-bond acceptors (Lipinski definition) is 3. The summed E-state index contributed by atoms with van der Waals surface area (Å²) in [6.07, 6.45) is -4.01. The van der Waals surface area contributed by atoms with E-state index in [1.54, 1.807) is 29.9 Å². The molecule has 0 unspecified atom stereocenters. The third kappa shape index (κ3) is 4.74. The van der Waals surface area contributed by atoms with E-state index in [2.05, 4.69) is 10.1 Å². The van der Waals surface area contributed by atoms with Crippen molar-refractivity contribution in [1.82, 2.24) is 9.88 Å². The molecule has 4 nitrogen and oxygen atoms in total. The quantitative estimate of drug-likeness (QED) is 0.654. The topological polar surface area (TPSA) is 46.4 Å². The van der Waals surface area contributed by atoms with Crippen molar-refractivity contribution in [3.63, 3.8) is 0 Å². The number of benzene rings is 2. The van der Waals surface area contributed by atoms with Crippen LogP contribution in [-0.4, -0.2) is 35.7 Å². The van der Waals surface area contributed by atoms with E-state index < -0.39 is 18.5 Å². The highest BCUT2D eigenvalue weighted by molar-refractivity contribution is 5.85. The Morgan fingerprint density at radius 2 is 1.74 bits per heavy atom. The van der Waals surface area contributed by atoms with Crippen LogP contribution in [0.5, 0.6) is 5.75 Å². The van der Waals surface area contributed by atoms with E-state index in [0.29, 0.717) is 0 Å². The molecule has 0 radical (unpaired) electrons. The molecule has 2 N–H and O–H groups in total. The third-order valence-corrected chi connectivity index (χ3v) is 4.17. The van der Waals surface area contributed by atoms with Gasteiger partial charge in [-0.05, 0) is 30.6 Å². The number of nitrogens with one attached hydrogen (secondary N) is 1. The maximum Gasteiger partial charge on any atom is 0.573 e. The van der Waals surface area contributed by atoms with E-state index in [1.165, 1.54) is 12.1 Å². The minimum atomic E-state index is -4.81. The van der Waals surface area contributed by atoms with Crippen LogP contribution < -0.4 is 10.1 Å². The predicted octanol–water partition coefficient (Wildman–Crippen LogP) is 4.13. The molecule has 27 heavy (non-hydrogen) atoms. The average Bonchev–Trinajstić information content (AvgIpc) is 3.00. The standard InChI is InChI=1S/C19H19F3N2O2.ClH/c1-23-12-16(25)18(24-11-10-13-6-2-4-8-15(13)24)14-7-3-5-9-17(14)26-19(20,21)22;/h2-11,16,18,23,25H,12H2,1H3;1H/t16-,18+;/m1./s1. The van der Waals surface area contributed by atoms with Gasteiger partial charge in [0, 0.05) is 23.8 Å². The lowest BCUT2D eigenvalue weighted by Gasteiger charge is -2.28. The molecule has 0 saturated carbocycles. The van der Waals surface area contributed by atoms with Gasteiger partial charge in [0.1, 0.15) is 5.75 Å². The second-order valence-electron chi connectivity index (χ2n) is 5.94. The van der Waals surface area contributed by atoms with E-state index in [1.807, 2.05) is 30.3 Å². The number of nitrogens with zero attached hydrogens (tertiary/aromatic N) is 1. The first-order valence-corrected chi connectivity index (χ1v) is 8.13. The molecule has 2 atom stereocenters. The summed E-state index contributed by atoms with van der Waals surface area (Å²) >= 11 is 0. The van der Waals surface area contributed by atoms with Crippen molar-refractivity contribution in [2.24, 2.45) is 0 Å². The van der Waals surface area contributed by atoms with Crippen molar-refractivity contribution in [3.05, 3.63) is 66.4 Å². The molecule has 0 amide bonds. The van der Waals surface area contributed by atoms with Crippen molar-refractivity contribution in [2.45, 2.75) is 18.5 Å². The van der Waals surface area contributed by atoms with Crippen LogP contribution in [0.1, 0.15) is 11.6 Å². The molecule has 1 aromatic heterocycles. The lowest BCUT2D eigenvalue weighted by Crippen LogP contribution is -2.34. The van der Waals surface area contributed by atoms with Crippen molar-refractivity contribution < 1.29 is 23.0 Å². The van der Waals surface area contributed by atoms with Gasteiger partial charge in [0.05, 0.1) is 12.1 Å². The zero-order valence-electron chi connectivity index (χ0n) is 14.5. The summed E-state index contributed by atoms with van der Waals surface area (Å²) in [6, 6.07) is 14.5. The van der Waals surface area contributed by atoms with E-state index in [4.69, 9.17) is 0 Å². The number of aromatic nitrogens is 1. The van der Waals surface area contributed by atoms with Gasteiger partial charge in [-0.15, -0.1) is 25.6 Å². The van der Waals surface area contributed by atoms with Gasteiger partial charge in [-0.1, -0.05) is 36.4 Å². The number of fused-ring (bicyclic) bond motifs is 1. The van der Waals surface area contributed by atoms with Gasteiger partial charge in [0.2, 0.25) is 0 Å². The molecular formula is C19H20ClF3N2O2. The number of likely N-dealkylation sites (N-methyl/N-ethyl adjacent to an activating group) is 1. The fraction of sp³-hybridized carbons (Fsp3) is 0.263. The normalized spacial score (nSPS) is 13.8. The second-order valence-corrected chi connectivity index (χ2v) is 5.94. The van der Waals surface area contributed by atoms with Gasteiger partial charge in [0.15, 0.2) is 0 Å². The lowest BCUT2D eigenvalue weighted by molar-refractivity contribution is -0.275. The Hall–Kier alpha value is -2.22. The summed E-state index contributed by atoms with van der Waals surface area (Å²) in [5.41, 5.74) is 1.07. The first kappa shape index (κ1) is 21.1. The lowest BCUT2D eigenvalue weighted by atomic mass is 9.99. The fourth-order valence-corrected chi connectivity index (χ4v) is 3.15. The Kier molecular flexibility index (Phi) is 6.75. The summed E-state index contributed by atoms with van der Waals surface area (Å²) < 4.78 is 44.5. The minimum absolute atomic E-state index is 0. The fourth-order valence-electron chi connectivity index (χ4n) is 3.15. The van der Waals surface area contributed by atoms with Gasteiger partial charge in [-0.2, -0.15) is 0 Å².